The molecule has 1 saturated carbocycles. The molecule has 170 valence electrons. The van der Waals surface area contributed by atoms with Crippen molar-refractivity contribution in [3.8, 4) is 5.75 Å². The van der Waals surface area contributed by atoms with Crippen LogP contribution in [0.15, 0.2) is 30.6 Å². The van der Waals surface area contributed by atoms with E-state index in [4.69, 9.17) is 16.3 Å². The van der Waals surface area contributed by atoms with Crippen molar-refractivity contribution in [3.05, 3.63) is 47.0 Å². The fourth-order valence-electron chi connectivity index (χ4n) is 4.83. The molecule has 3 heterocycles. The maximum Gasteiger partial charge on any atom is 0.235 e. The fourth-order valence-corrected chi connectivity index (χ4v) is 6.29. The Hall–Kier alpha value is -2.23. The van der Waals surface area contributed by atoms with Crippen LogP contribution >= 0.6 is 11.6 Å². The third kappa shape index (κ3) is 3.56. The molecule has 0 unspecified atom stereocenters. The summed E-state index contributed by atoms with van der Waals surface area (Å²) in [6, 6.07) is 5.58. The highest BCUT2D eigenvalue weighted by molar-refractivity contribution is 7.91. The molecular weight excluding hydrogens is 452 g/mol. The molecule has 0 radical (unpaired) electrons. The van der Waals surface area contributed by atoms with E-state index < -0.39 is 20.0 Å². The number of hydrogen-bond donors (Lipinski definition) is 1. The number of halogens is 1. The number of likely N-dealkylation sites (tertiary alicyclic amines) is 1. The maximum absolute atomic E-state index is 12.7. The summed E-state index contributed by atoms with van der Waals surface area (Å²) in [6.45, 7) is 2.75. The van der Waals surface area contributed by atoms with Gasteiger partial charge in [0.05, 0.1) is 17.8 Å². The van der Waals surface area contributed by atoms with Crippen molar-refractivity contribution in [2.45, 2.75) is 35.8 Å². The number of rotatable bonds is 6. The van der Waals surface area contributed by atoms with Gasteiger partial charge >= 0.3 is 0 Å². The van der Waals surface area contributed by atoms with E-state index in [2.05, 4.69) is 20.2 Å². The van der Waals surface area contributed by atoms with Gasteiger partial charge in [-0.05, 0) is 62.5 Å². The molecular formula is C22H25ClN4O4S. The number of sulfone groups is 1. The first-order valence-corrected chi connectivity index (χ1v) is 13.0. The summed E-state index contributed by atoms with van der Waals surface area (Å²) in [4.78, 5) is 23.5. The topological polar surface area (TPSA) is 101 Å². The molecule has 0 bridgehead atoms. The Morgan fingerprint density at radius 1 is 1.16 bits per heavy atom. The smallest absolute Gasteiger partial charge is 0.235 e. The number of anilines is 1. The number of amides is 1. The van der Waals surface area contributed by atoms with Crippen molar-refractivity contribution in [2.75, 3.05) is 37.8 Å². The number of benzene rings is 1. The summed E-state index contributed by atoms with van der Waals surface area (Å²) in [6.07, 6.45) is 6.92. The van der Waals surface area contributed by atoms with Gasteiger partial charge in [0.2, 0.25) is 5.91 Å². The number of nitrogens with zero attached hydrogens (tertiary/aromatic N) is 3. The van der Waals surface area contributed by atoms with Crippen LogP contribution in [-0.2, 0) is 24.8 Å². The molecule has 0 atom stereocenters. The molecule has 1 aromatic heterocycles. The van der Waals surface area contributed by atoms with Crippen molar-refractivity contribution in [1.82, 2.24) is 14.9 Å². The van der Waals surface area contributed by atoms with E-state index >= 15 is 0 Å². The van der Waals surface area contributed by atoms with Gasteiger partial charge < -0.3 is 10.1 Å². The number of aromatic nitrogens is 2. The number of ether oxygens (including phenoxy) is 1. The van der Waals surface area contributed by atoms with E-state index in [-0.39, 0.29) is 5.91 Å². The summed E-state index contributed by atoms with van der Waals surface area (Å²) >= 11 is 6.18. The van der Waals surface area contributed by atoms with Crippen LogP contribution in [0.2, 0.25) is 5.02 Å². The molecule has 5 rings (SSSR count). The normalized spacial score (nSPS) is 21.2. The van der Waals surface area contributed by atoms with Crippen LogP contribution in [0.3, 0.4) is 0 Å². The van der Waals surface area contributed by atoms with Gasteiger partial charge in [-0.2, -0.15) is 0 Å². The first-order valence-electron chi connectivity index (χ1n) is 10.7. The molecule has 1 N–H and O–H groups in total. The van der Waals surface area contributed by atoms with Crippen LogP contribution in [0.4, 0.5) is 5.69 Å². The van der Waals surface area contributed by atoms with E-state index in [9.17, 15) is 13.2 Å². The highest BCUT2D eigenvalue weighted by Crippen LogP contribution is 2.51. The fraction of sp³-hybridized carbons (Fsp3) is 0.500. The summed E-state index contributed by atoms with van der Waals surface area (Å²) in [5.41, 5.74) is 1.37. The Morgan fingerprint density at radius 2 is 1.84 bits per heavy atom. The summed E-state index contributed by atoms with van der Waals surface area (Å²) < 4.78 is 28.9. The van der Waals surface area contributed by atoms with E-state index in [1.54, 1.807) is 18.5 Å². The lowest BCUT2D eigenvalue weighted by Gasteiger charge is -2.37. The minimum atomic E-state index is -3.23. The summed E-state index contributed by atoms with van der Waals surface area (Å²) in [5, 5.41) is 3.65. The van der Waals surface area contributed by atoms with Crippen LogP contribution in [0.5, 0.6) is 5.75 Å². The van der Waals surface area contributed by atoms with Crippen molar-refractivity contribution in [2.24, 2.45) is 0 Å². The van der Waals surface area contributed by atoms with Gasteiger partial charge in [0.25, 0.3) is 0 Å². The van der Waals surface area contributed by atoms with Gasteiger partial charge in [-0.15, -0.1) is 0 Å². The Morgan fingerprint density at radius 3 is 2.47 bits per heavy atom. The van der Waals surface area contributed by atoms with Crippen LogP contribution in [0.25, 0.3) is 0 Å². The molecule has 1 amide bonds. The Bertz CT molecular complexity index is 1160. The highest BCUT2D eigenvalue weighted by Gasteiger charge is 2.56. The van der Waals surface area contributed by atoms with Crippen LogP contribution < -0.4 is 10.1 Å². The average Bonchev–Trinajstić information content (AvgIpc) is 3.54. The number of piperidine rings is 1. The van der Waals surface area contributed by atoms with Crippen molar-refractivity contribution in [3.63, 3.8) is 0 Å². The lowest BCUT2D eigenvalue weighted by molar-refractivity contribution is -0.122. The van der Waals surface area contributed by atoms with Gasteiger partial charge in [-0.25, -0.2) is 18.4 Å². The SMILES string of the molecule is CS(=O)(=O)C1(c2ncc(OCCN3CCC4(CC3)C(=O)Nc3ccc(Cl)cc34)cn2)CC1. The Labute approximate surface area is 192 Å². The molecule has 2 fully saturated rings. The monoisotopic (exact) mass is 476 g/mol. The number of nitrogens with one attached hydrogen (secondary N) is 1. The van der Waals surface area contributed by atoms with Crippen LogP contribution in [0, 0.1) is 0 Å². The zero-order valence-electron chi connectivity index (χ0n) is 17.8. The molecule has 1 aliphatic carbocycles. The molecule has 3 aliphatic rings. The quantitative estimate of drug-likeness (QED) is 0.683. The molecule has 2 aromatic rings. The summed E-state index contributed by atoms with van der Waals surface area (Å²) in [7, 11) is -3.23. The van der Waals surface area contributed by atoms with Gasteiger partial charge in [0.15, 0.2) is 15.6 Å². The molecule has 1 aromatic carbocycles. The third-order valence-corrected chi connectivity index (χ3v) is 9.26. The Kier molecular flexibility index (Phi) is 5.18. The summed E-state index contributed by atoms with van der Waals surface area (Å²) in [5.74, 6) is 0.930. The van der Waals surface area contributed by atoms with Gasteiger partial charge in [-0.1, -0.05) is 11.6 Å². The van der Waals surface area contributed by atoms with Gasteiger partial charge in [0.1, 0.15) is 17.2 Å². The third-order valence-electron chi connectivity index (χ3n) is 7.02. The van der Waals surface area contributed by atoms with Crippen molar-refractivity contribution >= 4 is 33.0 Å². The molecule has 1 spiro atoms. The average molecular weight is 477 g/mol. The van der Waals surface area contributed by atoms with Crippen LogP contribution in [-0.4, -0.2) is 61.7 Å². The molecule has 32 heavy (non-hydrogen) atoms. The number of hydrogen-bond acceptors (Lipinski definition) is 7. The van der Waals surface area contributed by atoms with E-state index in [1.807, 2.05) is 12.1 Å². The number of carbonyl (C=O) groups excluding carboxylic acids is 1. The first kappa shape index (κ1) is 21.6. The van der Waals surface area contributed by atoms with E-state index in [1.165, 1.54) is 6.26 Å². The lowest BCUT2D eigenvalue weighted by Crippen LogP contribution is -2.47. The molecule has 10 heteroatoms. The standard InChI is InChI=1S/C22H25ClN4O4S/c1-32(29,30)22(4-5-22)19-24-13-16(14-25-19)31-11-10-27-8-6-21(7-9-27)17-12-15(23)2-3-18(17)26-20(21)28/h2-3,12-14H,4-11H2,1H3,(H,26,28). The molecule has 2 aliphatic heterocycles. The molecule has 1 saturated heterocycles. The minimum absolute atomic E-state index is 0.0606. The van der Waals surface area contributed by atoms with Crippen LogP contribution in [0.1, 0.15) is 37.1 Å². The second-order valence-corrected chi connectivity index (χ2v) is 11.7. The lowest BCUT2D eigenvalue weighted by atomic mass is 9.73. The van der Waals surface area contributed by atoms with Crippen molar-refractivity contribution < 1.29 is 17.9 Å². The number of carbonyl (C=O) groups is 1. The second kappa shape index (κ2) is 7.67. The largest absolute Gasteiger partial charge is 0.489 e. The predicted molar refractivity (Wildman–Crippen MR) is 121 cm³/mol. The maximum atomic E-state index is 12.7. The van der Waals surface area contributed by atoms with Gasteiger partial charge in [0, 0.05) is 23.5 Å². The van der Waals surface area contributed by atoms with Gasteiger partial charge in [-0.3, -0.25) is 9.69 Å². The molecule has 8 nitrogen and oxygen atoms in total. The van der Waals surface area contributed by atoms with Crippen molar-refractivity contribution in [1.29, 1.82) is 0 Å². The minimum Gasteiger partial charge on any atom is -0.489 e. The first-order chi connectivity index (χ1) is 15.2. The highest BCUT2D eigenvalue weighted by atomic mass is 35.5. The Balaban J connectivity index is 1.15. The predicted octanol–water partition coefficient (Wildman–Crippen LogP) is 2.53. The second-order valence-electron chi connectivity index (χ2n) is 8.93. The van der Waals surface area contributed by atoms with E-state index in [0.717, 1.165) is 43.7 Å². The zero-order valence-corrected chi connectivity index (χ0v) is 19.4. The van der Waals surface area contributed by atoms with E-state index in [0.29, 0.717) is 36.0 Å². The zero-order chi connectivity index (χ0) is 22.6. The number of fused-ring (bicyclic) bond motifs is 2.